The van der Waals surface area contributed by atoms with E-state index in [1.165, 1.54) is 17.4 Å². The van der Waals surface area contributed by atoms with Crippen molar-refractivity contribution in [3.63, 3.8) is 0 Å². The molecule has 1 aliphatic rings. The lowest BCUT2D eigenvalue weighted by Crippen LogP contribution is -2.34. The van der Waals surface area contributed by atoms with Gasteiger partial charge in [0.25, 0.3) is 0 Å². The maximum absolute atomic E-state index is 5.47. The molecule has 1 aromatic heterocycles. The molecule has 66 valence electrons. The van der Waals surface area contributed by atoms with Crippen molar-refractivity contribution in [1.82, 2.24) is 5.32 Å². The molecule has 1 aliphatic heterocycles. The summed E-state index contributed by atoms with van der Waals surface area (Å²) in [7, 11) is 0. The lowest BCUT2D eigenvalue weighted by atomic mass is 9.98. The zero-order chi connectivity index (χ0) is 8.67. The lowest BCUT2D eigenvalue weighted by molar-refractivity contribution is 0.382. The van der Waals surface area contributed by atoms with Gasteiger partial charge in [-0.1, -0.05) is 18.2 Å². The first-order chi connectivity index (χ1) is 6.45. The van der Waals surface area contributed by atoms with Crippen molar-refractivity contribution in [2.75, 3.05) is 6.54 Å². The van der Waals surface area contributed by atoms with Gasteiger partial charge in [-0.3, -0.25) is 0 Å². The fourth-order valence-electron chi connectivity index (χ4n) is 1.82. The van der Waals surface area contributed by atoms with E-state index in [0.29, 0.717) is 6.04 Å². The van der Waals surface area contributed by atoms with Crippen LogP contribution in [0.1, 0.15) is 18.0 Å². The minimum atomic E-state index is 0.517. The summed E-state index contributed by atoms with van der Waals surface area (Å²) in [5.74, 6) is 0. The van der Waals surface area contributed by atoms with E-state index in [0.717, 1.165) is 12.1 Å². The smallest absolute Gasteiger partial charge is 0.134 e. The standard InChI is InChI=1S/C11H11NO/c1-2-4-11-8(3-1)9(7-13-11)10-5-6-12-10/h1-4,7,10,12H,5-6H2/t10-/m0/s1. The molecule has 2 heteroatoms. The number of benzene rings is 1. The molecule has 0 unspecified atom stereocenters. The molecule has 2 aromatic rings. The third-order valence-electron chi connectivity index (χ3n) is 2.71. The third kappa shape index (κ3) is 0.988. The molecule has 1 saturated heterocycles. The minimum Gasteiger partial charge on any atom is -0.464 e. The van der Waals surface area contributed by atoms with Gasteiger partial charge in [-0.25, -0.2) is 0 Å². The van der Waals surface area contributed by atoms with Gasteiger partial charge in [0.15, 0.2) is 0 Å². The van der Waals surface area contributed by atoms with E-state index in [2.05, 4.69) is 17.4 Å². The van der Waals surface area contributed by atoms with E-state index >= 15 is 0 Å². The minimum absolute atomic E-state index is 0.517. The van der Waals surface area contributed by atoms with Crippen LogP contribution in [-0.2, 0) is 0 Å². The lowest BCUT2D eigenvalue weighted by Gasteiger charge is -2.26. The molecule has 0 amide bonds. The molecular weight excluding hydrogens is 162 g/mol. The first-order valence-corrected chi connectivity index (χ1v) is 4.65. The Morgan fingerprint density at radius 2 is 2.15 bits per heavy atom. The normalized spacial score (nSPS) is 21.7. The van der Waals surface area contributed by atoms with Crippen molar-refractivity contribution in [2.24, 2.45) is 0 Å². The number of rotatable bonds is 1. The molecule has 1 N–H and O–H groups in total. The van der Waals surface area contributed by atoms with Crippen molar-refractivity contribution < 1.29 is 4.42 Å². The Balaban J connectivity index is 2.17. The Bertz CT molecular complexity index is 428. The summed E-state index contributed by atoms with van der Waals surface area (Å²) >= 11 is 0. The molecule has 0 bridgehead atoms. The summed E-state index contributed by atoms with van der Waals surface area (Å²) in [6.45, 7) is 1.13. The van der Waals surface area contributed by atoms with Crippen LogP contribution in [0.5, 0.6) is 0 Å². The molecular formula is C11H11NO. The van der Waals surface area contributed by atoms with Gasteiger partial charge >= 0.3 is 0 Å². The van der Waals surface area contributed by atoms with Gasteiger partial charge in [-0.2, -0.15) is 0 Å². The van der Waals surface area contributed by atoms with E-state index in [1.807, 2.05) is 18.4 Å². The maximum atomic E-state index is 5.47. The quantitative estimate of drug-likeness (QED) is 0.716. The summed E-state index contributed by atoms with van der Waals surface area (Å²) in [5, 5.41) is 4.63. The van der Waals surface area contributed by atoms with E-state index < -0.39 is 0 Å². The molecule has 2 nitrogen and oxygen atoms in total. The van der Waals surface area contributed by atoms with E-state index in [1.54, 1.807) is 0 Å². The number of fused-ring (bicyclic) bond motifs is 1. The van der Waals surface area contributed by atoms with E-state index in [4.69, 9.17) is 4.42 Å². The Kier molecular flexibility index (Phi) is 1.43. The van der Waals surface area contributed by atoms with Crippen molar-refractivity contribution in [3.05, 3.63) is 36.1 Å². The number of furan rings is 1. The number of hydrogen-bond donors (Lipinski definition) is 1. The molecule has 0 spiro atoms. The van der Waals surface area contributed by atoms with Crippen molar-refractivity contribution >= 4 is 11.0 Å². The molecule has 0 saturated carbocycles. The molecule has 0 aliphatic carbocycles. The highest BCUT2D eigenvalue weighted by atomic mass is 16.3. The Morgan fingerprint density at radius 1 is 1.31 bits per heavy atom. The highest BCUT2D eigenvalue weighted by Crippen LogP contribution is 2.30. The second kappa shape index (κ2) is 2.60. The fourth-order valence-corrected chi connectivity index (χ4v) is 1.82. The van der Waals surface area contributed by atoms with Crippen LogP contribution in [0.25, 0.3) is 11.0 Å². The second-order valence-corrected chi connectivity index (χ2v) is 3.48. The van der Waals surface area contributed by atoms with Gasteiger partial charge in [0.05, 0.1) is 6.26 Å². The zero-order valence-electron chi connectivity index (χ0n) is 7.29. The summed E-state index contributed by atoms with van der Waals surface area (Å²) < 4.78 is 5.47. The van der Waals surface area contributed by atoms with E-state index in [-0.39, 0.29) is 0 Å². The predicted molar refractivity (Wildman–Crippen MR) is 51.6 cm³/mol. The fraction of sp³-hybridized carbons (Fsp3) is 0.273. The maximum Gasteiger partial charge on any atom is 0.134 e. The summed E-state index contributed by atoms with van der Waals surface area (Å²) in [6.07, 6.45) is 3.10. The van der Waals surface area contributed by atoms with Crippen LogP contribution in [0.2, 0.25) is 0 Å². The van der Waals surface area contributed by atoms with Crippen LogP contribution in [0.4, 0.5) is 0 Å². The Morgan fingerprint density at radius 3 is 2.92 bits per heavy atom. The summed E-state index contributed by atoms with van der Waals surface area (Å²) in [4.78, 5) is 0. The average Bonchev–Trinajstić information content (AvgIpc) is 2.47. The van der Waals surface area contributed by atoms with Crippen molar-refractivity contribution in [2.45, 2.75) is 12.5 Å². The molecule has 0 radical (unpaired) electrons. The molecule has 1 fully saturated rings. The third-order valence-corrected chi connectivity index (χ3v) is 2.71. The monoisotopic (exact) mass is 173 g/mol. The number of para-hydroxylation sites is 1. The second-order valence-electron chi connectivity index (χ2n) is 3.48. The molecule has 2 heterocycles. The summed E-state index contributed by atoms with van der Waals surface area (Å²) in [5.41, 5.74) is 2.30. The molecule has 3 rings (SSSR count). The number of hydrogen-bond acceptors (Lipinski definition) is 2. The van der Waals surface area contributed by atoms with E-state index in [9.17, 15) is 0 Å². The molecule has 13 heavy (non-hydrogen) atoms. The van der Waals surface area contributed by atoms with Crippen molar-refractivity contribution in [1.29, 1.82) is 0 Å². The van der Waals surface area contributed by atoms with Gasteiger partial charge in [-0.05, 0) is 19.0 Å². The average molecular weight is 173 g/mol. The number of nitrogens with one attached hydrogen (secondary N) is 1. The molecule has 1 aromatic carbocycles. The highest BCUT2D eigenvalue weighted by Gasteiger charge is 2.21. The van der Waals surface area contributed by atoms with Crippen molar-refractivity contribution in [3.8, 4) is 0 Å². The van der Waals surface area contributed by atoms with Gasteiger partial charge < -0.3 is 9.73 Å². The van der Waals surface area contributed by atoms with Crippen LogP contribution >= 0.6 is 0 Å². The Hall–Kier alpha value is -1.28. The highest BCUT2D eigenvalue weighted by molar-refractivity contribution is 5.81. The largest absolute Gasteiger partial charge is 0.464 e. The summed E-state index contributed by atoms with van der Waals surface area (Å²) in [6, 6.07) is 8.71. The Labute approximate surface area is 76.5 Å². The van der Waals surface area contributed by atoms with Gasteiger partial charge in [0.1, 0.15) is 5.58 Å². The van der Waals surface area contributed by atoms with Crippen LogP contribution in [0, 0.1) is 0 Å². The topological polar surface area (TPSA) is 25.2 Å². The van der Waals surface area contributed by atoms with Crippen LogP contribution in [-0.4, -0.2) is 6.54 Å². The van der Waals surface area contributed by atoms with Gasteiger partial charge in [-0.15, -0.1) is 0 Å². The molecule has 1 atom stereocenters. The first kappa shape index (κ1) is 7.15. The van der Waals surface area contributed by atoms with Crippen LogP contribution in [0.15, 0.2) is 34.9 Å². The predicted octanol–water partition coefficient (Wildman–Crippen LogP) is 2.47. The van der Waals surface area contributed by atoms with Gasteiger partial charge in [0.2, 0.25) is 0 Å². The first-order valence-electron chi connectivity index (χ1n) is 4.65. The zero-order valence-corrected chi connectivity index (χ0v) is 7.29. The SMILES string of the molecule is c1ccc2c([C@@H]3CCN3)coc2c1. The van der Waals surface area contributed by atoms with Crippen LogP contribution in [0.3, 0.4) is 0 Å². The van der Waals surface area contributed by atoms with Gasteiger partial charge in [0, 0.05) is 17.0 Å². The van der Waals surface area contributed by atoms with Crippen LogP contribution < -0.4 is 5.32 Å².